The normalized spacial score (nSPS) is 16.8. The van der Waals surface area contributed by atoms with Crippen molar-refractivity contribution in [2.75, 3.05) is 11.4 Å². The fourth-order valence-corrected chi connectivity index (χ4v) is 2.57. The zero-order valence-electron chi connectivity index (χ0n) is 12.9. The van der Waals surface area contributed by atoms with Crippen LogP contribution in [0.15, 0.2) is 48.5 Å². The van der Waals surface area contributed by atoms with Crippen LogP contribution in [0.2, 0.25) is 0 Å². The van der Waals surface area contributed by atoms with E-state index in [4.69, 9.17) is 4.74 Å². The van der Waals surface area contributed by atoms with Crippen molar-refractivity contribution in [3.63, 3.8) is 0 Å². The van der Waals surface area contributed by atoms with Crippen LogP contribution in [0.25, 0.3) is 0 Å². The number of amides is 1. The van der Waals surface area contributed by atoms with Crippen LogP contribution >= 0.6 is 0 Å². The Morgan fingerprint density at radius 2 is 1.80 bits per heavy atom. The number of benzene rings is 2. The Bertz CT molecular complexity index is 820. The zero-order chi connectivity index (χ0) is 18.0. The highest BCUT2D eigenvalue weighted by Crippen LogP contribution is 2.27. The minimum absolute atomic E-state index is 0.0107. The van der Waals surface area contributed by atoms with Gasteiger partial charge >= 0.3 is 5.97 Å². The molecule has 0 aliphatic carbocycles. The van der Waals surface area contributed by atoms with E-state index in [9.17, 15) is 24.1 Å². The monoisotopic (exact) mass is 344 g/mol. The first-order chi connectivity index (χ1) is 11.9. The van der Waals surface area contributed by atoms with Crippen LogP contribution in [-0.2, 0) is 9.59 Å². The van der Waals surface area contributed by atoms with Crippen LogP contribution in [0, 0.1) is 21.8 Å². The number of anilines is 1. The van der Waals surface area contributed by atoms with Crippen LogP contribution in [0.3, 0.4) is 0 Å². The second-order valence-electron chi connectivity index (χ2n) is 5.55. The highest BCUT2D eigenvalue weighted by atomic mass is 19.1. The van der Waals surface area contributed by atoms with E-state index < -0.39 is 22.6 Å². The molecule has 1 aliphatic heterocycles. The third-order valence-corrected chi connectivity index (χ3v) is 3.86. The molecule has 1 fully saturated rings. The first kappa shape index (κ1) is 16.6. The van der Waals surface area contributed by atoms with Crippen LogP contribution < -0.4 is 9.64 Å². The maximum atomic E-state index is 13.0. The van der Waals surface area contributed by atoms with Crippen molar-refractivity contribution in [3.8, 4) is 5.75 Å². The molecule has 0 spiro atoms. The number of halogens is 1. The summed E-state index contributed by atoms with van der Waals surface area (Å²) in [6.45, 7) is 0.135. The van der Waals surface area contributed by atoms with Crippen molar-refractivity contribution in [2.45, 2.75) is 6.42 Å². The summed E-state index contributed by atoms with van der Waals surface area (Å²) in [5.41, 5.74) is 0.398. The van der Waals surface area contributed by atoms with Gasteiger partial charge in [-0.1, -0.05) is 0 Å². The van der Waals surface area contributed by atoms with E-state index in [1.165, 1.54) is 53.4 Å². The first-order valence-corrected chi connectivity index (χ1v) is 7.46. The van der Waals surface area contributed by atoms with Gasteiger partial charge in [0.2, 0.25) is 5.91 Å². The second-order valence-corrected chi connectivity index (χ2v) is 5.55. The van der Waals surface area contributed by atoms with Crippen molar-refractivity contribution in [1.82, 2.24) is 0 Å². The van der Waals surface area contributed by atoms with E-state index in [1.807, 2.05) is 0 Å². The lowest BCUT2D eigenvalue weighted by atomic mass is 10.1. The minimum atomic E-state index is -0.659. The second kappa shape index (κ2) is 6.68. The van der Waals surface area contributed by atoms with E-state index in [0.29, 0.717) is 5.69 Å². The number of nitro groups is 1. The molecule has 8 heteroatoms. The molecule has 3 rings (SSSR count). The summed E-state index contributed by atoms with van der Waals surface area (Å²) in [6.07, 6.45) is -0.0107. The van der Waals surface area contributed by atoms with Gasteiger partial charge in [-0.3, -0.25) is 19.7 Å². The molecule has 2 aromatic carbocycles. The standard InChI is InChI=1S/C17H13FN2O5/c18-12-1-3-13(4-2-12)19-10-11(9-16(19)21)17(22)25-15-7-5-14(6-8-15)20(23)24/h1-8,11H,9-10H2/t11-/m0/s1. The van der Waals surface area contributed by atoms with Crippen LogP contribution in [0.1, 0.15) is 6.42 Å². The lowest BCUT2D eigenvalue weighted by molar-refractivity contribution is -0.384. The largest absolute Gasteiger partial charge is 0.426 e. The van der Waals surface area contributed by atoms with Crippen LogP contribution in [0.4, 0.5) is 15.8 Å². The Balaban J connectivity index is 1.66. The van der Waals surface area contributed by atoms with Crippen LogP contribution in [0.5, 0.6) is 5.75 Å². The lowest BCUT2D eigenvalue weighted by Crippen LogP contribution is -2.27. The van der Waals surface area contributed by atoms with Gasteiger partial charge < -0.3 is 9.64 Å². The highest BCUT2D eigenvalue weighted by molar-refractivity contribution is 5.99. The smallest absolute Gasteiger partial charge is 0.316 e. The van der Waals surface area contributed by atoms with E-state index >= 15 is 0 Å². The summed E-state index contributed by atoms with van der Waals surface area (Å²) < 4.78 is 18.2. The van der Waals surface area contributed by atoms with E-state index in [1.54, 1.807) is 0 Å². The van der Waals surface area contributed by atoms with E-state index in [0.717, 1.165) is 0 Å². The number of carbonyl (C=O) groups is 2. The predicted octanol–water partition coefficient (Wildman–Crippen LogP) is 2.69. The van der Waals surface area contributed by atoms with Gasteiger partial charge in [0.25, 0.3) is 5.69 Å². The van der Waals surface area contributed by atoms with Gasteiger partial charge in [0.1, 0.15) is 11.6 Å². The third-order valence-electron chi connectivity index (χ3n) is 3.86. The van der Waals surface area contributed by atoms with Gasteiger partial charge in [-0.05, 0) is 36.4 Å². The number of rotatable bonds is 4. The summed E-state index contributed by atoms with van der Waals surface area (Å²) in [5.74, 6) is -1.75. The van der Waals surface area contributed by atoms with Crippen molar-refractivity contribution >= 4 is 23.3 Å². The van der Waals surface area contributed by atoms with E-state index in [-0.39, 0.29) is 30.3 Å². The third kappa shape index (κ3) is 3.63. The molecule has 0 unspecified atom stereocenters. The number of hydrogen-bond acceptors (Lipinski definition) is 5. The molecular formula is C17H13FN2O5. The predicted molar refractivity (Wildman–Crippen MR) is 85.6 cm³/mol. The highest BCUT2D eigenvalue weighted by Gasteiger charge is 2.36. The Hall–Kier alpha value is -3.29. The number of non-ortho nitro benzene ring substituents is 1. The number of nitrogens with zero attached hydrogens (tertiary/aromatic N) is 2. The molecule has 1 aliphatic rings. The first-order valence-electron chi connectivity index (χ1n) is 7.46. The van der Waals surface area contributed by atoms with E-state index in [2.05, 4.69) is 0 Å². The molecule has 1 heterocycles. The molecule has 1 amide bonds. The van der Waals surface area contributed by atoms with Crippen molar-refractivity contribution in [3.05, 3.63) is 64.5 Å². The molecule has 7 nitrogen and oxygen atoms in total. The maximum Gasteiger partial charge on any atom is 0.316 e. The maximum absolute atomic E-state index is 13.0. The Labute approximate surface area is 141 Å². The number of ether oxygens (including phenoxy) is 1. The topological polar surface area (TPSA) is 89.7 Å². The minimum Gasteiger partial charge on any atom is -0.426 e. The molecule has 128 valence electrons. The number of nitro benzene ring substituents is 1. The molecule has 0 N–H and O–H groups in total. The summed E-state index contributed by atoms with van der Waals surface area (Å²) >= 11 is 0. The van der Waals surface area contributed by atoms with Crippen molar-refractivity contribution in [2.24, 2.45) is 5.92 Å². The Kier molecular flexibility index (Phi) is 4.42. The van der Waals surface area contributed by atoms with Gasteiger partial charge in [0.15, 0.2) is 0 Å². The van der Waals surface area contributed by atoms with Gasteiger partial charge in [-0.25, -0.2) is 4.39 Å². The van der Waals surface area contributed by atoms with Crippen molar-refractivity contribution in [1.29, 1.82) is 0 Å². The zero-order valence-corrected chi connectivity index (χ0v) is 12.9. The molecule has 25 heavy (non-hydrogen) atoms. The quantitative estimate of drug-likeness (QED) is 0.368. The van der Waals surface area contributed by atoms with Crippen LogP contribution in [-0.4, -0.2) is 23.3 Å². The van der Waals surface area contributed by atoms with Gasteiger partial charge in [0.05, 0.1) is 10.8 Å². The summed E-state index contributed by atoms with van der Waals surface area (Å²) in [4.78, 5) is 35.8. The summed E-state index contributed by atoms with van der Waals surface area (Å²) in [6, 6.07) is 10.5. The fraction of sp³-hybridized carbons (Fsp3) is 0.176. The molecule has 0 radical (unpaired) electrons. The molecule has 1 saturated heterocycles. The number of hydrogen-bond donors (Lipinski definition) is 0. The van der Waals surface area contributed by atoms with Gasteiger partial charge in [-0.2, -0.15) is 0 Å². The Morgan fingerprint density at radius 3 is 2.40 bits per heavy atom. The average Bonchev–Trinajstić information content (AvgIpc) is 2.98. The molecule has 0 aromatic heterocycles. The molecule has 0 bridgehead atoms. The van der Waals surface area contributed by atoms with Gasteiger partial charge in [0, 0.05) is 30.8 Å². The molecule has 1 atom stereocenters. The summed E-state index contributed by atoms with van der Waals surface area (Å²) in [7, 11) is 0. The number of carbonyl (C=O) groups excluding carboxylic acids is 2. The molecule has 2 aromatic rings. The summed E-state index contributed by atoms with van der Waals surface area (Å²) in [5, 5.41) is 10.6. The molecule has 0 saturated carbocycles. The fourth-order valence-electron chi connectivity index (χ4n) is 2.57. The Morgan fingerprint density at radius 1 is 1.16 bits per heavy atom. The average molecular weight is 344 g/mol. The lowest BCUT2D eigenvalue weighted by Gasteiger charge is -2.16. The van der Waals surface area contributed by atoms with Gasteiger partial charge in [-0.15, -0.1) is 0 Å². The van der Waals surface area contributed by atoms with Crippen molar-refractivity contribution < 1.29 is 23.6 Å². The molecular weight excluding hydrogens is 331 g/mol. The SMILES string of the molecule is O=C(Oc1ccc([N+](=O)[O-])cc1)[C@H]1CC(=O)N(c2ccc(F)cc2)C1. The number of esters is 1.